The first kappa shape index (κ1) is 11.2. The van der Waals surface area contributed by atoms with Gasteiger partial charge in [-0.2, -0.15) is 0 Å². The molecule has 2 nitrogen and oxygen atoms in total. The molecular weight excluding hydrogens is 184 g/mol. The van der Waals surface area contributed by atoms with Gasteiger partial charge in [-0.05, 0) is 43.4 Å². The van der Waals surface area contributed by atoms with Gasteiger partial charge in [-0.25, -0.2) is 0 Å². The molecule has 0 aromatic carbocycles. The number of allylic oxidation sites excluding steroid dienone is 1. The molecule has 86 valence electrons. The van der Waals surface area contributed by atoms with Crippen LogP contribution in [0.25, 0.3) is 0 Å². The first-order chi connectivity index (χ1) is 7.15. The molecule has 0 aliphatic heterocycles. The van der Waals surface area contributed by atoms with Gasteiger partial charge in [0.2, 0.25) is 0 Å². The van der Waals surface area contributed by atoms with E-state index in [4.69, 9.17) is 5.84 Å². The molecule has 0 saturated heterocycles. The van der Waals surface area contributed by atoms with E-state index < -0.39 is 0 Å². The number of rotatable bonds is 3. The summed E-state index contributed by atoms with van der Waals surface area (Å²) < 4.78 is 0. The predicted octanol–water partition coefficient (Wildman–Crippen LogP) is 2.75. The van der Waals surface area contributed by atoms with E-state index in [9.17, 15) is 0 Å². The van der Waals surface area contributed by atoms with Crippen molar-refractivity contribution in [2.75, 3.05) is 0 Å². The van der Waals surface area contributed by atoms with Crippen LogP contribution in [-0.4, -0.2) is 6.04 Å². The van der Waals surface area contributed by atoms with E-state index in [0.717, 1.165) is 5.92 Å². The maximum atomic E-state index is 5.73. The van der Waals surface area contributed by atoms with Crippen LogP contribution < -0.4 is 11.3 Å². The van der Waals surface area contributed by atoms with Gasteiger partial charge in [0.15, 0.2) is 0 Å². The topological polar surface area (TPSA) is 38.0 Å². The van der Waals surface area contributed by atoms with Crippen molar-refractivity contribution in [2.24, 2.45) is 17.2 Å². The highest BCUT2D eigenvalue weighted by Gasteiger charge is 2.50. The van der Waals surface area contributed by atoms with Crippen molar-refractivity contribution in [2.45, 2.75) is 58.4 Å². The van der Waals surface area contributed by atoms with E-state index in [1.807, 2.05) is 0 Å². The van der Waals surface area contributed by atoms with Gasteiger partial charge < -0.3 is 0 Å². The monoisotopic (exact) mass is 208 g/mol. The Morgan fingerprint density at radius 2 is 2.13 bits per heavy atom. The van der Waals surface area contributed by atoms with Crippen molar-refractivity contribution in [3.63, 3.8) is 0 Å². The molecule has 1 fully saturated rings. The van der Waals surface area contributed by atoms with Crippen molar-refractivity contribution in [1.29, 1.82) is 0 Å². The van der Waals surface area contributed by atoms with Gasteiger partial charge in [0.25, 0.3) is 0 Å². The molecule has 0 heterocycles. The number of nitrogens with one attached hydrogen (secondary N) is 1. The van der Waals surface area contributed by atoms with Gasteiger partial charge in [0.1, 0.15) is 0 Å². The lowest BCUT2D eigenvalue weighted by Crippen LogP contribution is -2.39. The second-order valence-electron chi connectivity index (χ2n) is 5.82. The standard InChI is InChI=1S/C13H24N2/c1-13(2)9-11(13)12(15-14)10-7-5-3-4-6-8-10/h7,11-12,15H,3-6,8-9,14H2,1-2H3. The SMILES string of the molecule is CC1(C)CC1C(NN)C1=CCCCCC1. The number of hydrogen-bond donors (Lipinski definition) is 2. The second-order valence-corrected chi connectivity index (χ2v) is 5.82. The molecule has 2 atom stereocenters. The zero-order chi connectivity index (χ0) is 10.9. The molecule has 0 aromatic rings. The van der Waals surface area contributed by atoms with Crippen molar-refractivity contribution in [1.82, 2.24) is 5.43 Å². The molecule has 0 radical (unpaired) electrons. The summed E-state index contributed by atoms with van der Waals surface area (Å²) in [5, 5.41) is 0. The molecule has 2 unspecified atom stereocenters. The van der Waals surface area contributed by atoms with Gasteiger partial charge in [-0.15, -0.1) is 0 Å². The minimum Gasteiger partial charge on any atom is -0.271 e. The Kier molecular flexibility index (Phi) is 3.17. The van der Waals surface area contributed by atoms with E-state index >= 15 is 0 Å². The average molecular weight is 208 g/mol. The van der Waals surface area contributed by atoms with E-state index in [1.165, 1.54) is 38.5 Å². The minimum atomic E-state index is 0.443. The van der Waals surface area contributed by atoms with E-state index in [-0.39, 0.29) is 0 Å². The molecule has 0 spiro atoms. The van der Waals surface area contributed by atoms with Crippen molar-refractivity contribution >= 4 is 0 Å². The lowest BCUT2D eigenvalue weighted by Gasteiger charge is -2.21. The van der Waals surface area contributed by atoms with E-state index in [1.54, 1.807) is 5.57 Å². The Hall–Kier alpha value is -0.340. The lowest BCUT2D eigenvalue weighted by atomic mass is 9.94. The Morgan fingerprint density at radius 3 is 2.73 bits per heavy atom. The maximum Gasteiger partial charge on any atom is 0.0453 e. The Labute approximate surface area is 93.3 Å². The van der Waals surface area contributed by atoms with Crippen LogP contribution >= 0.6 is 0 Å². The number of hydrogen-bond acceptors (Lipinski definition) is 2. The first-order valence-corrected chi connectivity index (χ1v) is 6.30. The molecule has 0 amide bonds. The first-order valence-electron chi connectivity index (χ1n) is 6.30. The summed E-state index contributed by atoms with van der Waals surface area (Å²) in [6.45, 7) is 4.69. The second kappa shape index (κ2) is 4.26. The molecule has 1 saturated carbocycles. The Morgan fingerprint density at radius 1 is 1.40 bits per heavy atom. The molecule has 2 aliphatic rings. The van der Waals surface area contributed by atoms with Crippen molar-refractivity contribution in [3.8, 4) is 0 Å². The molecule has 2 rings (SSSR count). The van der Waals surface area contributed by atoms with Crippen LogP contribution in [0.2, 0.25) is 0 Å². The third-order valence-corrected chi connectivity index (χ3v) is 4.15. The molecule has 0 aromatic heterocycles. The zero-order valence-electron chi connectivity index (χ0n) is 10.1. The average Bonchev–Trinajstić information content (AvgIpc) is 2.88. The normalized spacial score (nSPS) is 31.7. The summed E-state index contributed by atoms with van der Waals surface area (Å²) >= 11 is 0. The number of nitrogens with two attached hydrogens (primary N) is 1. The van der Waals surface area contributed by atoms with Crippen molar-refractivity contribution in [3.05, 3.63) is 11.6 Å². The summed E-state index contributed by atoms with van der Waals surface area (Å²) in [7, 11) is 0. The minimum absolute atomic E-state index is 0.443. The van der Waals surface area contributed by atoms with E-state index in [0.29, 0.717) is 11.5 Å². The molecule has 3 N–H and O–H groups in total. The third kappa shape index (κ3) is 2.43. The van der Waals surface area contributed by atoms with Crippen molar-refractivity contribution < 1.29 is 0 Å². The fraction of sp³-hybridized carbons (Fsp3) is 0.846. The van der Waals surface area contributed by atoms with Crippen LogP contribution in [-0.2, 0) is 0 Å². The van der Waals surface area contributed by atoms with E-state index in [2.05, 4.69) is 25.3 Å². The molecule has 2 aliphatic carbocycles. The summed E-state index contributed by atoms with van der Waals surface area (Å²) in [5.41, 5.74) is 5.13. The van der Waals surface area contributed by atoms with Crippen LogP contribution in [0.15, 0.2) is 11.6 Å². The highest BCUT2D eigenvalue weighted by Crippen LogP contribution is 2.55. The molecule has 2 heteroatoms. The maximum absolute atomic E-state index is 5.73. The lowest BCUT2D eigenvalue weighted by molar-refractivity contribution is 0.441. The molecule has 0 bridgehead atoms. The van der Waals surface area contributed by atoms with Gasteiger partial charge >= 0.3 is 0 Å². The van der Waals surface area contributed by atoms with Gasteiger partial charge in [-0.3, -0.25) is 11.3 Å². The smallest absolute Gasteiger partial charge is 0.0453 e. The summed E-state index contributed by atoms with van der Waals surface area (Å²) in [5.74, 6) is 6.48. The molecular formula is C13H24N2. The quantitative estimate of drug-likeness (QED) is 0.425. The van der Waals surface area contributed by atoms with Gasteiger partial charge in [-0.1, -0.05) is 31.9 Å². The Bertz CT molecular complexity index is 255. The summed E-state index contributed by atoms with van der Waals surface area (Å²) in [4.78, 5) is 0. The molecule has 15 heavy (non-hydrogen) atoms. The van der Waals surface area contributed by atoms with Crippen LogP contribution in [0.1, 0.15) is 52.4 Å². The van der Waals surface area contributed by atoms with Gasteiger partial charge in [0, 0.05) is 6.04 Å². The van der Waals surface area contributed by atoms with Crippen LogP contribution in [0.5, 0.6) is 0 Å². The highest BCUT2D eigenvalue weighted by atomic mass is 15.2. The summed E-state index contributed by atoms with van der Waals surface area (Å²) in [6, 6.07) is 0.443. The fourth-order valence-electron chi connectivity index (χ4n) is 2.88. The predicted molar refractivity (Wildman–Crippen MR) is 64.2 cm³/mol. The van der Waals surface area contributed by atoms with Crippen LogP contribution in [0.3, 0.4) is 0 Å². The zero-order valence-corrected chi connectivity index (χ0v) is 10.1. The highest BCUT2D eigenvalue weighted by molar-refractivity contribution is 5.19. The number of hydrazine groups is 1. The van der Waals surface area contributed by atoms with Crippen LogP contribution in [0.4, 0.5) is 0 Å². The van der Waals surface area contributed by atoms with Gasteiger partial charge in [0.05, 0.1) is 0 Å². The third-order valence-electron chi connectivity index (χ3n) is 4.15. The fourth-order valence-corrected chi connectivity index (χ4v) is 2.88. The Balaban J connectivity index is 2.02. The largest absolute Gasteiger partial charge is 0.271 e. The summed E-state index contributed by atoms with van der Waals surface area (Å²) in [6.07, 6.45) is 10.3. The van der Waals surface area contributed by atoms with Crippen LogP contribution in [0, 0.1) is 11.3 Å².